The summed E-state index contributed by atoms with van der Waals surface area (Å²) in [5.74, 6) is 2.11. The molecule has 0 spiro atoms. The van der Waals surface area contributed by atoms with E-state index < -0.39 is 0 Å². The topological polar surface area (TPSA) is 49.8 Å². The van der Waals surface area contributed by atoms with E-state index in [1.165, 1.54) is 0 Å². The maximum atomic E-state index is 4.96. The summed E-state index contributed by atoms with van der Waals surface area (Å²) in [6, 6.07) is 3.92. The van der Waals surface area contributed by atoms with Crippen molar-refractivity contribution >= 4 is 29.1 Å². The fourth-order valence-corrected chi connectivity index (χ4v) is 1.98. The van der Waals surface area contributed by atoms with Gasteiger partial charge in [-0.05, 0) is 30.1 Å². The molecule has 0 aromatic carbocycles. The van der Waals surface area contributed by atoms with E-state index in [2.05, 4.69) is 20.8 Å². The minimum Gasteiger partial charge on any atom is -0.366 e. The minimum atomic E-state index is 0.703. The van der Waals surface area contributed by atoms with E-state index in [0.717, 1.165) is 30.2 Å². The molecule has 1 heterocycles. The zero-order valence-corrected chi connectivity index (χ0v) is 10.9. The number of thioether (sulfide) groups is 1. The Labute approximate surface area is 106 Å². The van der Waals surface area contributed by atoms with Crippen molar-refractivity contribution in [2.75, 3.05) is 25.1 Å². The molecule has 1 aromatic rings. The van der Waals surface area contributed by atoms with Crippen LogP contribution in [0.25, 0.3) is 0 Å². The maximum absolute atomic E-state index is 4.96. The van der Waals surface area contributed by atoms with E-state index in [4.69, 9.17) is 12.2 Å². The number of rotatable bonds is 6. The average Bonchev–Trinajstić information content (AvgIpc) is 2.34. The van der Waals surface area contributed by atoms with Crippen molar-refractivity contribution in [3.8, 4) is 0 Å². The van der Waals surface area contributed by atoms with Crippen molar-refractivity contribution in [3.05, 3.63) is 24.0 Å². The van der Waals surface area contributed by atoms with Gasteiger partial charge in [0.05, 0.1) is 5.69 Å². The largest absolute Gasteiger partial charge is 0.366 e. The van der Waals surface area contributed by atoms with Gasteiger partial charge in [0.2, 0.25) is 0 Å². The zero-order chi connectivity index (χ0) is 11.6. The van der Waals surface area contributed by atoms with Crippen LogP contribution in [0.5, 0.6) is 0 Å². The van der Waals surface area contributed by atoms with E-state index in [9.17, 15) is 0 Å². The maximum Gasteiger partial charge on any atom is 0.166 e. The van der Waals surface area contributed by atoms with Crippen molar-refractivity contribution in [2.45, 2.75) is 6.42 Å². The summed E-state index contributed by atoms with van der Waals surface area (Å²) in [6.45, 7) is 0.894. The molecule has 1 rings (SSSR count). The van der Waals surface area contributed by atoms with Crippen LogP contribution in [-0.4, -0.2) is 40.4 Å². The SMILES string of the molecule is CNC(=S)NCCSCCc1cccnn1. The van der Waals surface area contributed by atoms with E-state index in [1.54, 1.807) is 6.20 Å². The first-order chi connectivity index (χ1) is 7.83. The Hall–Kier alpha value is -0.880. The lowest BCUT2D eigenvalue weighted by Gasteiger charge is -2.06. The van der Waals surface area contributed by atoms with E-state index in [-0.39, 0.29) is 0 Å². The first kappa shape index (κ1) is 13.2. The molecule has 0 aliphatic rings. The Bertz CT molecular complexity index is 305. The molecule has 0 fully saturated rings. The lowest BCUT2D eigenvalue weighted by atomic mass is 10.3. The number of hydrogen-bond donors (Lipinski definition) is 2. The highest BCUT2D eigenvalue weighted by atomic mass is 32.2. The molecule has 0 bridgehead atoms. The Morgan fingerprint density at radius 3 is 3.06 bits per heavy atom. The molecule has 16 heavy (non-hydrogen) atoms. The molecule has 1 aromatic heterocycles. The lowest BCUT2D eigenvalue weighted by molar-refractivity contribution is 0.919. The van der Waals surface area contributed by atoms with Crippen LogP contribution < -0.4 is 10.6 Å². The Morgan fingerprint density at radius 2 is 2.38 bits per heavy atom. The van der Waals surface area contributed by atoms with Gasteiger partial charge in [-0.3, -0.25) is 0 Å². The predicted molar refractivity (Wildman–Crippen MR) is 72.7 cm³/mol. The fraction of sp³-hybridized carbons (Fsp3) is 0.500. The number of aromatic nitrogens is 2. The Balaban J connectivity index is 1.98. The van der Waals surface area contributed by atoms with Crippen molar-refractivity contribution < 1.29 is 0 Å². The van der Waals surface area contributed by atoms with Crippen molar-refractivity contribution in [3.63, 3.8) is 0 Å². The van der Waals surface area contributed by atoms with Crippen molar-refractivity contribution in [2.24, 2.45) is 0 Å². The van der Waals surface area contributed by atoms with Crippen molar-refractivity contribution in [1.29, 1.82) is 0 Å². The molecule has 0 saturated heterocycles. The molecule has 0 unspecified atom stereocenters. The van der Waals surface area contributed by atoms with Gasteiger partial charge in [-0.1, -0.05) is 0 Å². The Kier molecular flexibility index (Phi) is 6.83. The van der Waals surface area contributed by atoms with Crippen molar-refractivity contribution in [1.82, 2.24) is 20.8 Å². The smallest absolute Gasteiger partial charge is 0.166 e. The molecule has 2 N–H and O–H groups in total. The van der Waals surface area contributed by atoms with Gasteiger partial charge in [-0.25, -0.2) is 0 Å². The number of nitrogens with one attached hydrogen (secondary N) is 2. The van der Waals surface area contributed by atoms with Crippen LogP contribution in [0.1, 0.15) is 5.69 Å². The summed E-state index contributed by atoms with van der Waals surface area (Å²) in [4.78, 5) is 0. The van der Waals surface area contributed by atoms with Crippen LogP contribution in [0.4, 0.5) is 0 Å². The third-order valence-electron chi connectivity index (χ3n) is 1.89. The standard InChI is InChI=1S/C10H16N4S2/c1-11-10(15)12-6-8-16-7-4-9-3-2-5-13-14-9/h2-3,5H,4,6-8H2,1H3,(H2,11,12,15). The lowest BCUT2D eigenvalue weighted by Crippen LogP contribution is -2.33. The van der Waals surface area contributed by atoms with E-state index in [1.807, 2.05) is 30.9 Å². The van der Waals surface area contributed by atoms with Crippen LogP contribution in [0.2, 0.25) is 0 Å². The summed E-state index contributed by atoms with van der Waals surface area (Å²) in [6.07, 6.45) is 2.66. The highest BCUT2D eigenvalue weighted by Crippen LogP contribution is 2.03. The molecule has 0 aliphatic carbocycles. The average molecular weight is 256 g/mol. The monoisotopic (exact) mass is 256 g/mol. The molecule has 0 atom stereocenters. The summed E-state index contributed by atoms with van der Waals surface area (Å²) < 4.78 is 0. The van der Waals surface area contributed by atoms with Crippen LogP contribution in [0.3, 0.4) is 0 Å². The van der Waals surface area contributed by atoms with Crippen LogP contribution in [-0.2, 0) is 6.42 Å². The number of thiocarbonyl (C=S) groups is 1. The molecule has 0 saturated carbocycles. The highest BCUT2D eigenvalue weighted by Gasteiger charge is 1.95. The van der Waals surface area contributed by atoms with Gasteiger partial charge in [0.25, 0.3) is 0 Å². The first-order valence-electron chi connectivity index (χ1n) is 5.13. The molecule has 88 valence electrons. The second kappa shape index (κ2) is 8.29. The third kappa shape index (κ3) is 5.87. The molecular formula is C10H16N4S2. The number of hydrogen-bond acceptors (Lipinski definition) is 4. The van der Waals surface area contributed by atoms with Gasteiger partial charge in [0.15, 0.2) is 5.11 Å². The molecule has 0 amide bonds. The van der Waals surface area contributed by atoms with Gasteiger partial charge in [0.1, 0.15) is 0 Å². The third-order valence-corrected chi connectivity index (χ3v) is 3.22. The van der Waals surface area contributed by atoms with E-state index >= 15 is 0 Å². The normalized spacial score (nSPS) is 9.81. The number of aryl methyl sites for hydroxylation is 1. The van der Waals surface area contributed by atoms with Crippen LogP contribution in [0, 0.1) is 0 Å². The summed E-state index contributed by atoms with van der Waals surface area (Å²) in [5.41, 5.74) is 1.05. The first-order valence-corrected chi connectivity index (χ1v) is 6.69. The van der Waals surface area contributed by atoms with Crippen LogP contribution in [0.15, 0.2) is 18.3 Å². The number of nitrogens with zero attached hydrogens (tertiary/aromatic N) is 2. The molecule has 6 heteroatoms. The zero-order valence-electron chi connectivity index (χ0n) is 9.27. The summed E-state index contributed by atoms with van der Waals surface area (Å²) >= 11 is 6.84. The van der Waals surface area contributed by atoms with Gasteiger partial charge in [-0.15, -0.1) is 0 Å². The minimum absolute atomic E-state index is 0.703. The Morgan fingerprint density at radius 1 is 1.50 bits per heavy atom. The summed E-state index contributed by atoms with van der Waals surface area (Å²) in [5, 5.41) is 14.5. The molecule has 4 nitrogen and oxygen atoms in total. The predicted octanol–water partition coefficient (Wildman–Crippen LogP) is 0.846. The van der Waals surface area contributed by atoms with Crippen LogP contribution >= 0.6 is 24.0 Å². The van der Waals surface area contributed by atoms with Gasteiger partial charge in [0, 0.05) is 32.0 Å². The molecule has 0 aliphatic heterocycles. The molecular weight excluding hydrogens is 240 g/mol. The second-order valence-electron chi connectivity index (χ2n) is 3.08. The van der Waals surface area contributed by atoms with Gasteiger partial charge in [-0.2, -0.15) is 22.0 Å². The highest BCUT2D eigenvalue weighted by molar-refractivity contribution is 7.99. The van der Waals surface area contributed by atoms with Gasteiger partial charge >= 0.3 is 0 Å². The quantitative estimate of drug-likeness (QED) is 0.581. The summed E-state index contributed by atoms with van der Waals surface area (Å²) in [7, 11) is 1.82. The van der Waals surface area contributed by atoms with Gasteiger partial charge < -0.3 is 10.6 Å². The molecule has 0 radical (unpaired) electrons. The van der Waals surface area contributed by atoms with E-state index in [0.29, 0.717) is 5.11 Å². The fourth-order valence-electron chi connectivity index (χ4n) is 1.07. The second-order valence-corrected chi connectivity index (χ2v) is 4.72.